The molecule has 0 bridgehead atoms. The van der Waals surface area contributed by atoms with Gasteiger partial charge in [0.1, 0.15) is 0 Å². The summed E-state index contributed by atoms with van der Waals surface area (Å²) in [6, 6.07) is 1.46. The molecular weight excluding hydrogens is 349 g/mol. The molecule has 0 aliphatic carbocycles. The quantitative estimate of drug-likeness (QED) is 0.654. The first-order valence-corrected chi connectivity index (χ1v) is 6.87. The Morgan fingerprint density at radius 1 is 1.59 bits per heavy atom. The van der Waals surface area contributed by atoms with E-state index in [0.717, 1.165) is 11.3 Å². The van der Waals surface area contributed by atoms with Crippen molar-refractivity contribution in [3.8, 4) is 0 Å². The largest absolute Gasteiger partial charge is 0.271 e. The molecule has 9 heteroatoms. The number of hydrogen-bond donors (Lipinski definition) is 2. The van der Waals surface area contributed by atoms with Gasteiger partial charge in [0.15, 0.2) is 4.60 Å². The van der Waals surface area contributed by atoms with Crippen LogP contribution >= 0.6 is 50.5 Å². The maximum atomic E-state index is 6.11. The second kappa shape index (κ2) is 5.21. The molecule has 0 saturated carbocycles. The lowest BCUT2D eigenvalue weighted by Gasteiger charge is -2.15. The van der Waals surface area contributed by atoms with Crippen molar-refractivity contribution in [2.24, 2.45) is 12.9 Å². The number of aromatic nitrogens is 3. The van der Waals surface area contributed by atoms with Gasteiger partial charge in [-0.15, -0.1) is 16.4 Å². The average Bonchev–Trinajstić information content (AvgIpc) is 2.76. The van der Waals surface area contributed by atoms with Crippen molar-refractivity contribution in [3.63, 3.8) is 0 Å². The van der Waals surface area contributed by atoms with Crippen LogP contribution in [0.25, 0.3) is 0 Å². The third kappa shape index (κ3) is 2.49. The molecule has 0 fully saturated rings. The number of hydrogen-bond acceptors (Lipinski definition) is 5. The first-order valence-electron chi connectivity index (χ1n) is 4.50. The number of aryl methyl sites for hydroxylation is 1. The molecule has 1 atom stereocenters. The lowest BCUT2D eigenvalue weighted by Crippen LogP contribution is -2.30. The normalized spacial score (nSPS) is 13.0. The van der Waals surface area contributed by atoms with Gasteiger partial charge in [0.25, 0.3) is 0 Å². The maximum absolute atomic E-state index is 6.11. The summed E-state index contributed by atoms with van der Waals surface area (Å²) in [6.45, 7) is 0. The van der Waals surface area contributed by atoms with Crippen LogP contribution in [-0.4, -0.2) is 15.0 Å². The monoisotopic (exact) mass is 355 g/mol. The van der Waals surface area contributed by atoms with E-state index >= 15 is 0 Å². The summed E-state index contributed by atoms with van der Waals surface area (Å²) in [5.41, 5.74) is 4.27. The Labute approximate surface area is 120 Å². The molecule has 2 heterocycles. The fraction of sp³-hybridized carbons (Fsp3) is 0.250. The van der Waals surface area contributed by atoms with Crippen LogP contribution in [-0.2, 0) is 7.05 Å². The van der Waals surface area contributed by atoms with Gasteiger partial charge in [-0.3, -0.25) is 5.84 Å². The van der Waals surface area contributed by atoms with E-state index in [4.69, 9.17) is 29.0 Å². The lowest BCUT2D eigenvalue weighted by molar-refractivity contribution is 0.570. The third-order valence-corrected chi connectivity index (χ3v) is 4.34. The van der Waals surface area contributed by atoms with Crippen LogP contribution in [0.3, 0.4) is 0 Å². The molecule has 5 nitrogen and oxygen atoms in total. The number of thiophene rings is 1. The zero-order valence-corrected chi connectivity index (χ0v) is 12.5. The first-order chi connectivity index (χ1) is 8.04. The molecule has 17 heavy (non-hydrogen) atoms. The van der Waals surface area contributed by atoms with Crippen LogP contribution < -0.4 is 11.3 Å². The number of rotatable bonds is 3. The molecule has 1 unspecified atom stereocenters. The molecule has 0 amide bonds. The van der Waals surface area contributed by atoms with Crippen LogP contribution in [0, 0.1) is 0 Å². The Balaban J connectivity index is 2.51. The predicted molar refractivity (Wildman–Crippen MR) is 72.2 cm³/mol. The van der Waals surface area contributed by atoms with Crippen LogP contribution in [0.4, 0.5) is 0 Å². The van der Waals surface area contributed by atoms with E-state index in [1.807, 2.05) is 0 Å². The molecule has 2 aromatic rings. The zero-order valence-electron chi connectivity index (χ0n) is 8.62. The number of nitrogens with zero attached hydrogens (tertiary/aromatic N) is 3. The molecule has 0 aliphatic rings. The molecule has 3 N–H and O–H groups in total. The lowest BCUT2D eigenvalue weighted by atomic mass is 10.1. The van der Waals surface area contributed by atoms with Crippen molar-refractivity contribution in [2.75, 3.05) is 0 Å². The van der Waals surface area contributed by atoms with Crippen molar-refractivity contribution in [2.45, 2.75) is 6.04 Å². The van der Waals surface area contributed by atoms with Crippen molar-refractivity contribution in [1.82, 2.24) is 20.4 Å². The fourth-order valence-corrected chi connectivity index (χ4v) is 3.60. The SMILES string of the molecule is Cn1nnc(Br)c1C(NN)c1cc(Cl)sc1Cl. The van der Waals surface area contributed by atoms with Gasteiger partial charge >= 0.3 is 0 Å². The summed E-state index contributed by atoms with van der Waals surface area (Å²) in [4.78, 5) is 0. The van der Waals surface area contributed by atoms with E-state index in [0.29, 0.717) is 13.3 Å². The molecule has 0 aromatic carbocycles. The third-order valence-electron chi connectivity index (χ3n) is 2.26. The standard InChI is InChI=1S/C8H8BrCl2N5S/c1-16-6(7(9)14-15-16)5(13-12)3-2-4(10)17-8(3)11/h2,5,13H,12H2,1H3. The molecule has 0 saturated heterocycles. The van der Waals surface area contributed by atoms with Crippen molar-refractivity contribution < 1.29 is 0 Å². The molecular formula is C8H8BrCl2N5S. The van der Waals surface area contributed by atoms with Gasteiger partial charge in [0.2, 0.25) is 0 Å². The van der Waals surface area contributed by atoms with Gasteiger partial charge < -0.3 is 0 Å². The second-order valence-electron chi connectivity index (χ2n) is 3.27. The van der Waals surface area contributed by atoms with Gasteiger partial charge in [0.05, 0.1) is 20.4 Å². The Bertz CT molecular complexity index is 521. The molecule has 0 spiro atoms. The van der Waals surface area contributed by atoms with Crippen molar-refractivity contribution in [1.29, 1.82) is 0 Å². The second-order valence-corrected chi connectivity index (χ2v) is 6.31. The minimum atomic E-state index is -0.319. The highest BCUT2D eigenvalue weighted by atomic mass is 79.9. The van der Waals surface area contributed by atoms with Gasteiger partial charge in [-0.25, -0.2) is 10.1 Å². The molecule has 2 aromatic heterocycles. The molecule has 0 aliphatic heterocycles. The van der Waals surface area contributed by atoms with Crippen LogP contribution in [0.15, 0.2) is 10.7 Å². The highest BCUT2D eigenvalue weighted by molar-refractivity contribution is 9.10. The average molecular weight is 357 g/mol. The minimum Gasteiger partial charge on any atom is -0.271 e. The summed E-state index contributed by atoms with van der Waals surface area (Å²) in [6.07, 6.45) is 0. The summed E-state index contributed by atoms with van der Waals surface area (Å²) in [7, 11) is 1.78. The van der Waals surface area contributed by atoms with E-state index in [1.54, 1.807) is 17.8 Å². The minimum absolute atomic E-state index is 0.319. The summed E-state index contributed by atoms with van der Waals surface area (Å²) in [5.74, 6) is 5.58. The number of halogens is 3. The van der Waals surface area contributed by atoms with Crippen LogP contribution in [0.5, 0.6) is 0 Å². The van der Waals surface area contributed by atoms with Crippen molar-refractivity contribution in [3.05, 3.63) is 30.6 Å². The smallest absolute Gasteiger partial charge is 0.153 e. The highest BCUT2D eigenvalue weighted by Crippen LogP contribution is 2.38. The van der Waals surface area contributed by atoms with E-state index < -0.39 is 0 Å². The summed E-state index contributed by atoms with van der Waals surface area (Å²) >= 11 is 16.7. The Kier molecular flexibility index (Phi) is 4.06. The Morgan fingerprint density at radius 2 is 2.29 bits per heavy atom. The topological polar surface area (TPSA) is 68.8 Å². The van der Waals surface area contributed by atoms with Gasteiger partial charge in [-0.1, -0.05) is 28.4 Å². The van der Waals surface area contributed by atoms with Crippen LogP contribution in [0.1, 0.15) is 17.3 Å². The van der Waals surface area contributed by atoms with E-state index in [2.05, 4.69) is 31.7 Å². The molecule has 0 radical (unpaired) electrons. The van der Waals surface area contributed by atoms with Gasteiger partial charge in [0, 0.05) is 12.6 Å². The number of hydrazine groups is 1. The predicted octanol–water partition coefficient (Wildman–Crippen LogP) is 2.50. The maximum Gasteiger partial charge on any atom is 0.153 e. The Hall–Kier alpha value is -0.180. The summed E-state index contributed by atoms with van der Waals surface area (Å²) in [5, 5.41) is 7.81. The zero-order chi connectivity index (χ0) is 12.6. The van der Waals surface area contributed by atoms with Gasteiger partial charge in [-0.05, 0) is 22.0 Å². The molecule has 92 valence electrons. The summed E-state index contributed by atoms with van der Waals surface area (Å²) < 4.78 is 3.43. The number of nitrogens with two attached hydrogens (primary N) is 1. The first kappa shape index (κ1) is 13.3. The van der Waals surface area contributed by atoms with E-state index in [-0.39, 0.29) is 6.04 Å². The fourth-order valence-electron chi connectivity index (χ4n) is 1.51. The van der Waals surface area contributed by atoms with Crippen molar-refractivity contribution >= 4 is 50.5 Å². The molecule has 2 rings (SSSR count). The highest BCUT2D eigenvalue weighted by Gasteiger charge is 2.24. The Morgan fingerprint density at radius 3 is 2.71 bits per heavy atom. The van der Waals surface area contributed by atoms with Crippen LogP contribution in [0.2, 0.25) is 8.67 Å². The van der Waals surface area contributed by atoms with Gasteiger partial charge in [-0.2, -0.15) is 0 Å². The number of nitrogens with one attached hydrogen (secondary N) is 1. The van der Waals surface area contributed by atoms with E-state index in [1.165, 1.54) is 11.3 Å². The van der Waals surface area contributed by atoms with E-state index in [9.17, 15) is 0 Å².